The van der Waals surface area contributed by atoms with Crippen molar-refractivity contribution in [1.29, 1.82) is 0 Å². The summed E-state index contributed by atoms with van der Waals surface area (Å²) in [5, 5.41) is 6.14. The zero-order valence-electron chi connectivity index (χ0n) is 19.8. The first-order chi connectivity index (χ1) is 17.0. The number of ether oxygens (including phenoxy) is 1. The summed E-state index contributed by atoms with van der Waals surface area (Å²) in [5.41, 5.74) is 2.48. The van der Waals surface area contributed by atoms with Gasteiger partial charge in [0.2, 0.25) is 5.91 Å². The maximum atomic E-state index is 14.2. The van der Waals surface area contributed by atoms with Gasteiger partial charge in [0.05, 0.1) is 17.7 Å². The lowest BCUT2D eigenvalue weighted by Crippen LogP contribution is -2.43. The van der Waals surface area contributed by atoms with Gasteiger partial charge in [-0.3, -0.25) is 9.59 Å². The van der Waals surface area contributed by atoms with Gasteiger partial charge in [-0.15, -0.1) is 0 Å². The van der Waals surface area contributed by atoms with Gasteiger partial charge < -0.3 is 20.4 Å². The smallest absolute Gasteiger partial charge is 0.255 e. The van der Waals surface area contributed by atoms with Crippen molar-refractivity contribution in [3.63, 3.8) is 0 Å². The van der Waals surface area contributed by atoms with Crippen molar-refractivity contribution in [3.8, 4) is 17.0 Å². The lowest BCUT2D eigenvalue weighted by molar-refractivity contribution is -0.121. The van der Waals surface area contributed by atoms with E-state index in [-0.39, 0.29) is 29.7 Å². The average Bonchev–Trinajstić information content (AvgIpc) is 3.59. The van der Waals surface area contributed by atoms with Crippen LogP contribution in [0.4, 0.5) is 4.39 Å². The number of nitrogens with one attached hydrogen (secondary N) is 3. The summed E-state index contributed by atoms with van der Waals surface area (Å²) in [5.74, 6) is 0.571. The summed E-state index contributed by atoms with van der Waals surface area (Å²) in [6.45, 7) is 2.43. The normalized spacial score (nSPS) is 19.9. The van der Waals surface area contributed by atoms with E-state index in [2.05, 4.69) is 25.6 Å². The van der Waals surface area contributed by atoms with Crippen LogP contribution in [0.15, 0.2) is 30.7 Å². The topological polar surface area (TPSA) is 109 Å². The Hall–Kier alpha value is -3.49. The summed E-state index contributed by atoms with van der Waals surface area (Å²) >= 11 is 0. The van der Waals surface area contributed by atoms with Crippen molar-refractivity contribution in [2.24, 2.45) is 5.92 Å². The fourth-order valence-corrected chi connectivity index (χ4v) is 4.60. The molecule has 0 saturated heterocycles. The van der Waals surface area contributed by atoms with E-state index in [1.54, 1.807) is 12.3 Å². The molecular weight excluding hydrogens is 449 g/mol. The van der Waals surface area contributed by atoms with Crippen molar-refractivity contribution < 1.29 is 18.7 Å². The molecule has 2 aliphatic rings. The number of rotatable bonds is 8. The molecule has 2 fully saturated rings. The quantitative estimate of drug-likeness (QED) is 0.450. The van der Waals surface area contributed by atoms with E-state index in [9.17, 15) is 14.0 Å². The highest BCUT2D eigenvalue weighted by Gasteiger charge is 2.26. The van der Waals surface area contributed by atoms with Gasteiger partial charge in [0.25, 0.3) is 5.91 Å². The Labute approximate surface area is 203 Å². The molecule has 2 aliphatic carbocycles. The number of aromatic nitrogens is 3. The van der Waals surface area contributed by atoms with Crippen molar-refractivity contribution in [3.05, 3.63) is 42.1 Å². The third kappa shape index (κ3) is 5.28. The summed E-state index contributed by atoms with van der Waals surface area (Å²) in [4.78, 5) is 36.6. The summed E-state index contributed by atoms with van der Waals surface area (Å²) in [7, 11) is 0. The molecule has 0 unspecified atom stereocenters. The Morgan fingerprint density at radius 3 is 2.54 bits per heavy atom. The second-order valence-electron chi connectivity index (χ2n) is 9.49. The Balaban J connectivity index is 1.33. The van der Waals surface area contributed by atoms with E-state index >= 15 is 0 Å². The lowest BCUT2D eigenvalue weighted by atomic mass is 9.91. The lowest BCUT2D eigenvalue weighted by Gasteiger charge is -2.29. The van der Waals surface area contributed by atoms with Crippen LogP contribution in [0.1, 0.15) is 62.2 Å². The molecule has 9 heteroatoms. The first kappa shape index (κ1) is 23.3. The largest absolute Gasteiger partial charge is 0.493 e. The van der Waals surface area contributed by atoms with Crippen molar-refractivity contribution in [2.75, 3.05) is 6.61 Å². The number of halogens is 1. The average molecular weight is 480 g/mol. The van der Waals surface area contributed by atoms with Crippen LogP contribution < -0.4 is 15.4 Å². The molecule has 2 saturated carbocycles. The third-order valence-corrected chi connectivity index (χ3v) is 6.82. The molecule has 0 spiro atoms. The van der Waals surface area contributed by atoms with Gasteiger partial charge in [-0.05, 0) is 62.6 Å². The number of H-pyrrole nitrogens is 1. The fraction of sp³-hybridized carbons (Fsp3) is 0.462. The minimum absolute atomic E-state index is 0.0363. The fourth-order valence-electron chi connectivity index (χ4n) is 4.60. The number of nitrogens with zero attached hydrogens (tertiary/aromatic N) is 2. The summed E-state index contributed by atoms with van der Waals surface area (Å²) < 4.78 is 20.1. The Kier molecular flexibility index (Phi) is 6.66. The summed E-state index contributed by atoms with van der Waals surface area (Å²) in [6, 6.07) is 4.60. The Morgan fingerprint density at radius 1 is 1.09 bits per heavy atom. The SMILES string of the molecule is CCC(=O)N[C@H]1CC[C@H](NC(=O)c2c[nH]c3c(-c4cc(F)ccc4OCC4CC4)ncnc23)CC1. The van der Waals surface area contributed by atoms with Crippen LogP contribution in [0.3, 0.4) is 0 Å². The zero-order valence-corrected chi connectivity index (χ0v) is 19.8. The van der Waals surface area contributed by atoms with E-state index in [0.29, 0.717) is 52.5 Å². The van der Waals surface area contributed by atoms with Crippen LogP contribution in [0, 0.1) is 11.7 Å². The molecule has 0 bridgehead atoms. The number of hydrogen-bond donors (Lipinski definition) is 3. The molecule has 0 aliphatic heterocycles. The molecule has 35 heavy (non-hydrogen) atoms. The highest BCUT2D eigenvalue weighted by Crippen LogP contribution is 2.36. The van der Waals surface area contributed by atoms with Gasteiger partial charge in [0.1, 0.15) is 29.1 Å². The molecule has 0 atom stereocenters. The number of fused-ring (bicyclic) bond motifs is 1. The van der Waals surface area contributed by atoms with Gasteiger partial charge >= 0.3 is 0 Å². The van der Waals surface area contributed by atoms with E-state index in [0.717, 1.165) is 38.5 Å². The van der Waals surface area contributed by atoms with Crippen LogP contribution in [0.2, 0.25) is 0 Å². The molecule has 1 aromatic carbocycles. The van der Waals surface area contributed by atoms with Crippen LogP contribution in [0.25, 0.3) is 22.3 Å². The number of aromatic amines is 1. The number of carbonyl (C=O) groups is 2. The van der Waals surface area contributed by atoms with Crippen LogP contribution >= 0.6 is 0 Å². The second kappa shape index (κ2) is 10.0. The highest BCUT2D eigenvalue weighted by atomic mass is 19.1. The van der Waals surface area contributed by atoms with E-state index in [1.165, 1.54) is 18.5 Å². The molecule has 0 radical (unpaired) electrons. The van der Waals surface area contributed by atoms with Crippen molar-refractivity contribution in [2.45, 2.75) is 64.0 Å². The minimum Gasteiger partial charge on any atom is -0.493 e. The number of hydrogen-bond acceptors (Lipinski definition) is 5. The van der Waals surface area contributed by atoms with E-state index in [1.807, 2.05) is 6.92 Å². The molecule has 5 rings (SSSR count). The molecule has 3 N–H and O–H groups in total. The van der Waals surface area contributed by atoms with E-state index in [4.69, 9.17) is 4.74 Å². The second-order valence-corrected chi connectivity index (χ2v) is 9.49. The first-order valence-electron chi connectivity index (χ1n) is 12.4. The molecule has 2 aromatic heterocycles. The number of amides is 2. The molecule has 184 valence electrons. The van der Waals surface area contributed by atoms with Crippen LogP contribution in [0.5, 0.6) is 5.75 Å². The van der Waals surface area contributed by atoms with Gasteiger partial charge in [-0.1, -0.05) is 6.92 Å². The van der Waals surface area contributed by atoms with Crippen molar-refractivity contribution >= 4 is 22.8 Å². The van der Waals surface area contributed by atoms with Crippen molar-refractivity contribution in [1.82, 2.24) is 25.6 Å². The first-order valence-corrected chi connectivity index (χ1v) is 12.4. The number of benzene rings is 1. The molecule has 2 heterocycles. The van der Waals surface area contributed by atoms with Gasteiger partial charge in [-0.2, -0.15) is 0 Å². The predicted octanol–water partition coefficient (Wildman–Crippen LogP) is 4.12. The standard InChI is InChI=1S/C26H30FN5O3/c1-2-22(33)31-17-6-8-18(9-7-17)32-26(34)20-12-28-25-23(29-14-30-24(20)25)19-11-16(27)5-10-21(19)35-13-15-3-4-15/h5,10-12,14-15,17-18,28H,2-4,6-9,13H2,1H3,(H,31,33)(H,32,34)/t17-,18-. The maximum Gasteiger partial charge on any atom is 0.255 e. The Bertz CT molecular complexity index is 1230. The maximum absolute atomic E-state index is 14.2. The highest BCUT2D eigenvalue weighted by molar-refractivity contribution is 6.07. The van der Waals surface area contributed by atoms with Gasteiger partial charge in [0.15, 0.2) is 0 Å². The molecule has 2 amide bonds. The van der Waals surface area contributed by atoms with Crippen LogP contribution in [-0.4, -0.2) is 45.5 Å². The zero-order chi connectivity index (χ0) is 24.4. The molecule has 3 aromatic rings. The van der Waals surface area contributed by atoms with Gasteiger partial charge in [0, 0.05) is 30.3 Å². The summed E-state index contributed by atoms with van der Waals surface area (Å²) in [6.07, 6.45) is 9.05. The monoisotopic (exact) mass is 479 g/mol. The minimum atomic E-state index is -0.388. The number of carbonyl (C=O) groups excluding carboxylic acids is 2. The molecular formula is C26H30FN5O3. The third-order valence-electron chi connectivity index (χ3n) is 6.82. The predicted molar refractivity (Wildman–Crippen MR) is 129 cm³/mol. The van der Waals surface area contributed by atoms with E-state index < -0.39 is 0 Å². The van der Waals surface area contributed by atoms with Crippen LogP contribution in [-0.2, 0) is 4.79 Å². The molecule has 8 nitrogen and oxygen atoms in total. The van der Waals surface area contributed by atoms with Gasteiger partial charge in [-0.25, -0.2) is 14.4 Å². The Morgan fingerprint density at radius 2 is 1.83 bits per heavy atom.